The van der Waals surface area contributed by atoms with Crippen LogP contribution in [0.1, 0.15) is 44.3 Å². The van der Waals surface area contributed by atoms with E-state index in [9.17, 15) is 9.59 Å². The van der Waals surface area contributed by atoms with E-state index in [4.69, 9.17) is 19.6 Å². The molecule has 9 heteroatoms. The molecule has 0 saturated heterocycles. The molecular formula is C34H26N4O4S. The number of thiazole rings is 1. The minimum Gasteiger partial charge on any atom is -0.497 e. The largest absolute Gasteiger partial charge is 0.497 e. The Hall–Kier alpha value is -5.28. The zero-order chi connectivity index (χ0) is 29.5. The molecule has 0 radical (unpaired) electrons. The maximum absolute atomic E-state index is 13.1. The van der Waals surface area contributed by atoms with Gasteiger partial charge in [-0.05, 0) is 71.8 Å². The standard InChI is InChI=1S/C34H26N4O4S/c1-41-25-14-10-21(11-15-25)29-19-31(22-12-16-26(42-2)17-13-22)38(36-29)34-35-30(20-43-34)23-6-5-7-24(18-23)37-32(39)27-8-3-4-9-28(27)33(37)40/h3-18,20,31H,19H2,1-2H3/t31-/m1/s1. The lowest BCUT2D eigenvalue weighted by atomic mass is 9.98. The quantitative estimate of drug-likeness (QED) is 0.191. The molecule has 0 fully saturated rings. The lowest BCUT2D eigenvalue weighted by molar-refractivity contribution is 0.0926. The van der Waals surface area contributed by atoms with Crippen molar-refractivity contribution in [3.05, 3.63) is 125 Å². The van der Waals surface area contributed by atoms with E-state index in [0.717, 1.165) is 44.7 Å². The number of imide groups is 1. The topological polar surface area (TPSA) is 84.3 Å². The fourth-order valence-electron chi connectivity index (χ4n) is 5.46. The Kier molecular flexibility index (Phi) is 6.71. The summed E-state index contributed by atoms with van der Waals surface area (Å²) in [6.07, 6.45) is 0.697. The molecule has 5 aromatic rings. The summed E-state index contributed by atoms with van der Waals surface area (Å²) >= 11 is 1.50. The second kappa shape index (κ2) is 10.8. The fourth-order valence-corrected chi connectivity index (χ4v) is 6.29. The molecule has 3 heterocycles. The molecule has 0 N–H and O–H groups in total. The number of carbonyl (C=O) groups excluding carboxylic acids is 2. The maximum atomic E-state index is 13.1. The van der Waals surface area contributed by atoms with Crippen LogP contribution < -0.4 is 19.4 Å². The summed E-state index contributed by atoms with van der Waals surface area (Å²) in [6, 6.07) is 30.1. The van der Waals surface area contributed by atoms with Crippen molar-refractivity contribution in [3.63, 3.8) is 0 Å². The average molecular weight is 587 g/mol. The highest BCUT2D eigenvalue weighted by Crippen LogP contribution is 2.40. The van der Waals surface area contributed by atoms with Gasteiger partial charge in [0.25, 0.3) is 11.8 Å². The molecule has 8 nitrogen and oxygen atoms in total. The predicted octanol–water partition coefficient (Wildman–Crippen LogP) is 6.98. The number of amides is 2. The molecule has 0 spiro atoms. The molecule has 1 atom stereocenters. The van der Waals surface area contributed by atoms with Crippen molar-refractivity contribution >= 4 is 39.7 Å². The van der Waals surface area contributed by atoms with Crippen molar-refractivity contribution < 1.29 is 19.1 Å². The molecule has 0 bridgehead atoms. The van der Waals surface area contributed by atoms with E-state index in [2.05, 4.69) is 12.1 Å². The maximum Gasteiger partial charge on any atom is 0.266 e. The Bertz CT molecular complexity index is 1850. The summed E-state index contributed by atoms with van der Waals surface area (Å²) in [5.74, 6) is 0.936. The molecule has 2 aliphatic rings. The first-order valence-corrected chi connectivity index (χ1v) is 14.6. The second-order valence-electron chi connectivity index (χ2n) is 10.2. The van der Waals surface area contributed by atoms with Gasteiger partial charge >= 0.3 is 0 Å². The van der Waals surface area contributed by atoms with Crippen molar-refractivity contribution in [2.24, 2.45) is 5.10 Å². The Morgan fingerprint density at radius 2 is 1.42 bits per heavy atom. The Morgan fingerprint density at radius 1 is 0.767 bits per heavy atom. The number of hydrogen-bond donors (Lipinski definition) is 0. The van der Waals surface area contributed by atoms with E-state index in [1.54, 1.807) is 44.6 Å². The van der Waals surface area contributed by atoms with Gasteiger partial charge in [-0.25, -0.2) is 14.9 Å². The molecule has 1 aromatic heterocycles. The van der Waals surface area contributed by atoms with Crippen LogP contribution in [0.2, 0.25) is 0 Å². The van der Waals surface area contributed by atoms with Crippen LogP contribution in [0.3, 0.4) is 0 Å². The lowest BCUT2D eigenvalue weighted by Gasteiger charge is -2.21. The number of ether oxygens (including phenoxy) is 2. The second-order valence-corrected chi connectivity index (χ2v) is 11.0. The van der Waals surface area contributed by atoms with Crippen molar-refractivity contribution in [1.82, 2.24) is 4.98 Å². The third-order valence-corrected chi connectivity index (χ3v) is 8.55. The van der Waals surface area contributed by atoms with Crippen LogP contribution in [0.15, 0.2) is 108 Å². The molecule has 43 heavy (non-hydrogen) atoms. The number of hydrazone groups is 1. The van der Waals surface area contributed by atoms with Crippen molar-refractivity contribution in [2.75, 3.05) is 24.1 Å². The van der Waals surface area contributed by atoms with Crippen LogP contribution >= 0.6 is 11.3 Å². The average Bonchev–Trinajstić information content (AvgIpc) is 3.78. The first-order valence-electron chi connectivity index (χ1n) is 13.7. The number of aromatic nitrogens is 1. The molecule has 212 valence electrons. The van der Waals surface area contributed by atoms with Gasteiger partial charge in [0.05, 0.1) is 48.5 Å². The summed E-state index contributed by atoms with van der Waals surface area (Å²) in [5, 5.41) is 9.74. The number of anilines is 2. The van der Waals surface area contributed by atoms with E-state index in [1.165, 1.54) is 16.2 Å². The minimum absolute atomic E-state index is 0.0633. The van der Waals surface area contributed by atoms with E-state index >= 15 is 0 Å². The van der Waals surface area contributed by atoms with Crippen LogP contribution in [0.5, 0.6) is 11.5 Å². The SMILES string of the molecule is COc1ccc(C2=NN(c3nc(-c4cccc(N5C(=O)c6ccccc6C5=O)c4)cs3)[C@@H](c3ccc(OC)cc3)C2)cc1. The van der Waals surface area contributed by atoms with Gasteiger partial charge in [0.15, 0.2) is 0 Å². The van der Waals surface area contributed by atoms with E-state index in [0.29, 0.717) is 23.2 Å². The molecule has 0 saturated carbocycles. The number of benzene rings is 4. The van der Waals surface area contributed by atoms with Crippen molar-refractivity contribution in [2.45, 2.75) is 12.5 Å². The normalized spacial score (nSPS) is 16.0. The number of carbonyl (C=O) groups is 2. The molecular weight excluding hydrogens is 560 g/mol. The third-order valence-electron chi connectivity index (χ3n) is 7.72. The summed E-state index contributed by atoms with van der Waals surface area (Å²) in [6.45, 7) is 0. The molecule has 2 aliphatic heterocycles. The van der Waals surface area contributed by atoms with Gasteiger partial charge in [-0.3, -0.25) is 9.59 Å². The number of hydrogen-bond acceptors (Lipinski definition) is 8. The van der Waals surface area contributed by atoms with Gasteiger partial charge in [0.2, 0.25) is 5.13 Å². The first kappa shape index (κ1) is 26.6. The van der Waals surface area contributed by atoms with Gasteiger partial charge in [0, 0.05) is 17.4 Å². The summed E-state index contributed by atoms with van der Waals surface area (Å²) in [7, 11) is 3.31. The van der Waals surface area contributed by atoms with Crippen molar-refractivity contribution in [3.8, 4) is 22.8 Å². The minimum atomic E-state index is -0.323. The van der Waals surface area contributed by atoms with E-state index in [1.807, 2.05) is 65.0 Å². The highest BCUT2D eigenvalue weighted by molar-refractivity contribution is 7.14. The summed E-state index contributed by atoms with van der Waals surface area (Å²) in [4.78, 5) is 32.4. The Balaban J connectivity index is 1.22. The number of rotatable bonds is 7. The van der Waals surface area contributed by atoms with Gasteiger partial charge in [-0.15, -0.1) is 11.3 Å². The molecule has 7 rings (SSSR count). The number of fused-ring (bicyclic) bond motifs is 1. The molecule has 0 unspecified atom stereocenters. The highest BCUT2D eigenvalue weighted by Gasteiger charge is 2.36. The summed E-state index contributed by atoms with van der Waals surface area (Å²) < 4.78 is 10.7. The van der Waals surface area contributed by atoms with Gasteiger partial charge < -0.3 is 9.47 Å². The van der Waals surface area contributed by atoms with Gasteiger partial charge in [-0.2, -0.15) is 5.10 Å². The monoisotopic (exact) mass is 586 g/mol. The van der Waals surface area contributed by atoms with Crippen LogP contribution in [0, 0.1) is 0 Å². The first-order chi connectivity index (χ1) is 21.0. The Morgan fingerprint density at radius 3 is 2.07 bits per heavy atom. The molecule has 0 aliphatic carbocycles. The molecule has 2 amide bonds. The van der Waals surface area contributed by atoms with Crippen molar-refractivity contribution in [1.29, 1.82) is 0 Å². The summed E-state index contributed by atoms with van der Waals surface area (Å²) in [5.41, 5.74) is 5.94. The fraction of sp³-hybridized carbons (Fsp3) is 0.118. The van der Waals surface area contributed by atoms with Crippen LogP contribution in [-0.2, 0) is 0 Å². The van der Waals surface area contributed by atoms with Gasteiger partial charge in [0.1, 0.15) is 11.5 Å². The zero-order valence-corrected chi connectivity index (χ0v) is 24.2. The van der Waals surface area contributed by atoms with Crippen LogP contribution in [0.4, 0.5) is 10.8 Å². The number of nitrogens with zero attached hydrogens (tertiary/aromatic N) is 4. The Labute approximate surface area is 252 Å². The van der Waals surface area contributed by atoms with Crippen LogP contribution in [-0.4, -0.2) is 36.7 Å². The smallest absolute Gasteiger partial charge is 0.266 e. The predicted molar refractivity (Wildman–Crippen MR) is 167 cm³/mol. The lowest BCUT2D eigenvalue weighted by Crippen LogP contribution is -2.29. The van der Waals surface area contributed by atoms with Crippen LogP contribution in [0.25, 0.3) is 11.3 Å². The zero-order valence-electron chi connectivity index (χ0n) is 23.4. The van der Waals surface area contributed by atoms with Gasteiger partial charge in [-0.1, -0.05) is 36.4 Å². The van der Waals surface area contributed by atoms with E-state index < -0.39 is 0 Å². The highest BCUT2D eigenvalue weighted by atomic mass is 32.1. The third kappa shape index (κ3) is 4.73. The van der Waals surface area contributed by atoms with E-state index in [-0.39, 0.29) is 17.9 Å². The molecule has 4 aromatic carbocycles. The number of methoxy groups -OCH3 is 2.